The lowest BCUT2D eigenvalue weighted by atomic mass is 9.94. The fraction of sp³-hybridized carbons (Fsp3) is 0.571. The van der Waals surface area contributed by atoms with Crippen LogP contribution in [0.1, 0.15) is 37.7 Å². The summed E-state index contributed by atoms with van der Waals surface area (Å²) in [6.07, 6.45) is 7.32. The Kier molecular flexibility index (Phi) is 5.15. The largest absolute Gasteiger partial charge is 0.271 e. The van der Waals surface area contributed by atoms with E-state index in [2.05, 4.69) is 21.4 Å². The minimum absolute atomic E-state index is 0.216. The quantitative estimate of drug-likeness (QED) is 0.644. The molecule has 4 heteroatoms. The molecule has 0 spiro atoms. The van der Waals surface area contributed by atoms with Gasteiger partial charge in [-0.3, -0.25) is 11.3 Å². The summed E-state index contributed by atoms with van der Waals surface area (Å²) >= 11 is 3.22. The Hall–Kier alpha value is -0.450. The van der Waals surface area contributed by atoms with Crippen molar-refractivity contribution in [3.05, 3.63) is 34.1 Å². The van der Waals surface area contributed by atoms with Crippen molar-refractivity contribution in [2.45, 2.75) is 44.6 Å². The van der Waals surface area contributed by atoms with Gasteiger partial charge in [-0.25, -0.2) is 4.39 Å². The molecule has 0 bridgehead atoms. The zero-order valence-electron chi connectivity index (χ0n) is 10.5. The van der Waals surface area contributed by atoms with Gasteiger partial charge in [-0.2, -0.15) is 0 Å². The number of rotatable bonds is 5. The van der Waals surface area contributed by atoms with Crippen molar-refractivity contribution < 1.29 is 4.39 Å². The van der Waals surface area contributed by atoms with Gasteiger partial charge in [-0.15, -0.1) is 0 Å². The molecule has 0 aromatic heterocycles. The highest BCUT2D eigenvalue weighted by molar-refractivity contribution is 9.10. The molecule has 2 nitrogen and oxygen atoms in total. The maximum atomic E-state index is 13.2. The Morgan fingerprint density at radius 1 is 1.39 bits per heavy atom. The monoisotopic (exact) mass is 314 g/mol. The topological polar surface area (TPSA) is 38.0 Å². The van der Waals surface area contributed by atoms with Crippen LogP contribution in [-0.2, 0) is 6.42 Å². The molecule has 1 aliphatic carbocycles. The molecule has 1 saturated carbocycles. The number of nitrogens with one attached hydrogen (secondary N) is 1. The molecule has 1 aliphatic rings. The highest BCUT2D eigenvalue weighted by Crippen LogP contribution is 2.29. The summed E-state index contributed by atoms with van der Waals surface area (Å²) in [6.45, 7) is 0. The zero-order valence-corrected chi connectivity index (χ0v) is 12.0. The molecule has 3 N–H and O–H groups in total. The van der Waals surface area contributed by atoms with Gasteiger partial charge >= 0.3 is 0 Å². The van der Waals surface area contributed by atoms with Crippen LogP contribution >= 0.6 is 15.9 Å². The van der Waals surface area contributed by atoms with E-state index in [0.717, 1.165) is 24.3 Å². The zero-order chi connectivity index (χ0) is 13.0. The van der Waals surface area contributed by atoms with Gasteiger partial charge in [-0.1, -0.05) is 31.7 Å². The fourth-order valence-corrected chi connectivity index (χ4v) is 3.24. The lowest BCUT2D eigenvalue weighted by Crippen LogP contribution is -2.38. The van der Waals surface area contributed by atoms with Gasteiger partial charge in [0, 0.05) is 6.04 Å². The first-order chi connectivity index (χ1) is 8.69. The molecule has 1 fully saturated rings. The van der Waals surface area contributed by atoms with E-state index in [1.54, 1.807) is 0 Å². The smallest absolute Gasteiger partial charge is 0.137 e. The van der Waals surface area contributed by atoms with Gasteiger partial charge in [0.25, 0.3) is 0 Å². The molecule has 0 heterocycles. The Morgan fingerprint density at radius 2 is 2.11 bits per heavy atom. The number of hydrogen-bond acceptors (Lipinski definition) is 2. The van der Waals surface area contributed by atoms with E-state index < -0.39 is 0 Å². The van der Waals surface area contributed by atoms with Crippen LogP contribution in [-0.4, -0.2) is 6.04 Å². The molecule has 18 heavy (non-hydrogen) atoms. The first-order valence-electron chi connectivity index (χ1n) is 6.59. The predicted octanol–water partition coefficient (Wildman–Crippen LogP) is 3.54. The number of hydrazine groups is 1. The number of hydrogen-bond donors (Lipinski definition) is 2. The molecular formula is C14H20BrFN2. The summed E-state index contributed by atoms with van der Waals surface area (Å²) in [7, 11) is 0. The van der Waals surface area contributed by atoms with E-state index in [-0.39, 0.29) is 11.9 Å². The van der Waals surface area contributed by atoms with E-state index in [9.17, 15) is 4.39 Å². The third-order valence-electron chi connectivity index (χ3n) is 3.79. The van der Waals surface area contributed by atoms with Crippen LogP contribution in [0, 0.1) is 11.7 Å². The number of halogens is 2. The first kappa shape index (κ1) is 14.0. The van der Waals surface area contributed by atoms with Crippen molar-refractivity contribution in [3.63, 3.8) is 0 Å². The van der Waals surface area contributed by atoms with Crippen LogP contribution in [0.4, 0.5) is 4.39 Å². The van der Waals surface area contributed by atoms with Crippen molar-refractivity contribution in [2.24, 2.45) is 11.8 Å². The minimum atomic E-state index is -0.216. The number of nitrogens with two attached hydrogens (primary N) is 1. The van der Waals surface area contributed by atoms with Gasteiger partial charge in [0.2, 0.25) is 0 Å². The molecule has 1 unspecified atom stereocenters. The predicted molar refractivity (Wildman–Crippen MR) is 75.5 cm³/mol. The third kappa shape index (κ3) is 3.77. The first-order valence-corrected chi connectivity index (χ1v) is 7.38. The van der Waals surface area contributed by atoms with Crippen molar-refractivity contribution in [3.8, 4) is 0 Å². The van der Waals surface area contributed by atoms with E-state index in [1.807, 2.05) is 12.1 Å². The van der Waals surface area contributed by atoms with Gasteiger partial charge in [0.15, 0.2) is 0 Å². The summed E-state index contributed by atoms with van der Waals surface area (Å²) in [4.78, 5) is 0. The molecule has 1 aromatic carbocycles. The van der Waals surface area contributed by atoms with Crippen LogP contribution in [0.15, 0.2) is 22.7 Å². The Balaban J connectivity index is 1.94. The average molecular weight is 315 g/mol. The van der Waals surface area contributed by atoms with Crippen LogP contribution in [0.5, 0.6) is 0 Å². The Labute approximate surface area is 116 Å². The van der Waals surface area contributed by atoms with Gasteiger partial charge in [-0.05, 0) is 52.4 Å². The van der Waals surface area contributed by atoms with Crippen molar-refractivity contribution >= 4 is 15.9 Å². The molecule has 0 amide bonds. The Morgan fingerprint density at radius 3 is 2.72 bits per heavy atom. The highest BCUT2D eigenvalue weighted by Gasteiger charge is 2.19. The van der Waals surface area contributed by atoms with Crippen LogP contribution in [0.25, 0.3) is 0 Å². The average Bonchev–Trinajstić information content (AvgIpc) is 2.86. The Bertz CT molecular complexity index is 391. The molecule has 1 atom stereocenters. The van der Waals surface area contributed by atoms with Gasteiger partial charge in [0.05, 0.1) is 4.47 Å². The summed E-state index contributed by atoms with van der Waals surface area (Å²) < 4.78 is 13.7. The third-order valence-corrected chi connectivity index (χ3v) is 4.40. The van der Waals surface area contributed by atoms with Crippen molar-refractivity contribution in [1.29, 1.82) is 0 Å². The molecule has 2 rings (SSSR count). The molecule has 100 valence electrons. The van der Waals surface area contributed by atoms with Crippen LogP contribution in [0.3, 0.4) is 0 Å². The molecule has 0 radical (unpaired) electrons. The normalized spacial score (nSPS) is 18.2. The van der Waals surface area contributed by atoms with E-state index in [0.29, 0.717) is 4.47 Å². The lowest BCUT2D eigenvalue weighted by Gasteiger charge is -2.20. The van der Waals surface area contributed by atoms with Gasteiger partial charge in [0.1, 0.15) is 5.82 Å². The highest BCUT2D eigenvalue weighted by atomic mass is 79.9. The SMILES string of the molecule is NNC(Cc1ccc(F)c(Br)c1)CC1CCCC1. The van der Waals surface area contributed by atoms with E-state index in [4.69, 9.17) is 5.84 Å². The lowest BCUT2D eigenvalue weighted by molar-refractivity contribution is 0.389. The summed E-state index contributed by atoms with van der Waals surface area (Å²) in [5.74, 6) is 6.22. The molecule has 0 saturated heterocycles. The van der Waals surface area contributed by atoms with Gasteiger partial charge < -0.3 is 0 Å². The maximum absolute atomic E-state index is 13.2. The van der Waals surface area contributed by atoms with E-state index in [1.165, 1.54) is 31.7 Å². The summed E-state index contributed by atoms with van der Waals surface area (Å²) in [6, 6.07) is 5.46. The minimum Gasteiger partial charge on any atom is -0.271 e. The standard InChI is InChI=1S/C14H20BrFN2/c15-13-9-11(5-6-14(13)16)8-12(18-17)7-10-3-1-2-4-10/h5-6,9-10,12,18H,1-4,7-8,17H2. The second kappa shape index (κ2) is 6.64. The molecular weight excluding hydrogens is 295 g/mol. The molecule has 0 aliphatic heterocycles. The second-order valence-electron chi connectivity index (χ2n) is 5.20. The summed E-state index contributed by atoms with van der Waals surface area (Å²) in [5, 5.41) is 0. The maximum Gasteiger partial charge on any atom is 0.137 e. The fourth-order valence-electron chi connectivity index (χ4n) is 2.81. The van der Waals surface area contributed by atoms with E-state index >= 15 is 0 Å². The summed E-state index contributed by atoms with van der Waals surface area (Å²) in [5.41, 5.74) is 4.02. The molecule has 1 aromatic rings. The second-order valence-corrected chi connectivity index (χ2v) is 6.06. The van der Waals surface area contributed by atoms with Crippen molar-refractivity contribution in [1.82, 2.24) is 5.43 Å². The van der Waals surface area contributed by atoms with Crippen LogP contribution in [0.2, 0.25) is 0 Å². The number of benzene rings is 1. The van der Waals surface area contributed by atoms with Crippen LogP contribution < -0.4 is 11.3 Å². The van der Waals surface area contributed by atoms with Crippen molar-refractivity contribution in [2.75, 3.05) is 0 Å².